The molecule has 2 nitrogen and oxygen atoms in total. The molecule has 0 radical (unpaired) electrons. The first kappa shape index (κ1) is 11.2. The van der Waals surface area contributed by atoms with Crippen LogP contribution in [0.3, 0.4) is 0 Å². The smallest absolute Gasteiger partial charge is 0.119 e. The van der Waals surface area contributed by atoms with Gasteiger partial charge in [0.25, 0.3) is 0 Å². The molecule has 1 heterocycles. The van der Waals surface area contributed by atoms with Crippen LogP contribution in [-0.4, -0.2) is 12.2 Å². The maximum atomic E-state index is 10.00. The molecule has 1 N–H and O–H groups in total. The molecule has 1 aromatic heterocycles. The van der Waals surface area contributed by atoms with Crippen LogP contribution >= 0.6 is 11.3 Å². The van der Waals surface area contributed by atoms with E-state index < -0.39 is 6.10 Å². The summed E-state index contributed by atoms with van der Waals surface area (Å²) in [7, 11) is 1.65. The van der Waals surface area contributed by atoms with Crippen molar-refractivity contribution in [3.05, 3.63) is 52.2 Å². The van der Waals surface area contributed by atoms with E-state index in [0.717, 1.165) is 16.2 Å². The van der Waals surface area contributed by atoms with Crippen LogP contribution in [0.1, 0.15) is 16.5 Å². The van der Waals surface area contributed by atoms with Crippen LogP contribution in [0.15, 0.2) is 41.8 Å². The number of ether oxygens (including phenoxy) is 1. The molecule has 3 heteroatoms. The number of rotatable bonds is 4. The molecule has 0 aliphatic carbocycles. The number of thiophene rings is 1. The Labute approximate surface area is 99.1 Å². The second-order valence-corrected chi connectivity index (χ2v) is 4.57. The molecule has 0 saturated carbocycles. The Hall–Kier alpha value is -1.32. The molecule has 1 unspecified atom stereocenters. The van der Waals surface area contributed by atoms with Gasteiger partial charge in [0.15, 0.2) is 0 Å². The Morgan fingerprint density at radius 1 is 1.31 bits per heavy atom. The molecule has 2 rings (SSSR count). The molecule has 0 amide bonds. The summed E-state index contributed by atoms with van der Waals surface area (Å²) in [5.41, 5.74) is 1.08. The van der Waals surface area contributed by atoms with Crippen molar-refractivity contribution in [3.63, 3.8) is 0 Å². The fourth-order valence-electron chi connectivity index (χ4n) is 1.60. The third-order valence-electron chi connectivity index (χ3n) is 2.43. The van der Waals surface area contributed by atoms with Crippen molar-refractivity contribution >= 4 is 11.3 Å². The maximum Gasteiger partial charge on any atom is 0.119 e. The molecule has 0 aliphatic heterocycles. The van der Waals surface area contributed by atoms with Gasteiger partial charge in [0.1, 0.15) is 5.75 Å². The first-order valence-electron chi connectivity index (χ1n) is 5.14. The molecule has 0 spiro atoms. The van der Waals surface area contributed by atoms with Crippen LogP contribution in [0.2, 0.25) is 0 Å². The van der Waals surface area contributed by atoms with E-state index in [4.69, 9.17) is 4.74 Å². The summed E-state index contributed by atoms with van der Waals surface area (Å²) in [5, 5.41) is 12.0. The van der Waals surface area contributed by atoms with Crippen LogP contribution in [0.5, 0.6) is 5.75 Å². The Morgan fingerprint density at radius 2 is 2.19 bits per heavy atom. The molecule has 0 saturated heterocycles. The van der Waals surface area contributed by atoms with Gasteiger partial charge >= 0.3 is 0 Å². The highest BCUT2D eigenvalue weighted by Gasteiger charge is 2.09. The first-order chi connectivity index (χ1) is 7.79. The molecular formula is C13H14O2S. The van der Waals surface area contributed by atoms with Crippen LogP contribution in [0, 0.1) is 0 Å². The SMILES string of the molecule is COc1cccc(CC(O)c2cccs2)c1. The Balaban J connectivity index is 2.08. The second-order valence-electron chi connectivity index (χ2n) is 3.59. The monoisotopic (exact) mass is 234 g/mol. The van der Waals surface area contributed by atoms with Crippen molar-refractivity contribution in [1.29, 1.82) is 0 Å². The van der Waals surface area contributed by atoms with Gasteiger partial charge in [-0.25, -0.2) is 0 Å². The van der Waals surface area contributed by atoms with Crippen LogP contribution in [0.25, 0.3) is 0 Å². The number of hydrogen-bond acceptors (Lipinski definition) is 3. The number of methoxy groups -OCH3 is 1. The normalized spacial score (nSPS) is 12.4. The van der Waals surface area contributed by atoms with Gasteiger partial charge in [-0.1, -0.05) is 18.2 Å². The summed E-state index contributed by atoms with van der Waals surface area (Å²) < 4.78 is 5.15. The van der Waals surface area contributed by atoms with E-state index in [-0.39, 0.29) is 0 Å². The standard InChI is InChI=1S/C13H14O2S/c1-15-11-5-2-4-10(8-11)9-12(14)13-6-3-7-16-13/h2-8,12,14H,9H2,1H3. The highest BCUT2D eigenvalue weighted by molar-refractivity contribution is 7.10. The zero-order valence-electron chi connectivity index (χ0n) is 9.09. The lowest BCUT2D eigenvalue weighted by molar-refractivity contribution is 0.182. The highest BCUT2D eigenvalue weighted by Crippen LogP contribution is 2.24. The van der Waals surface area contributed by atoms with Crippen molar-refractivity contribution < 1.29 is 9.84 Å². The van der Waals surface area contributed by atoms with E-state index >= 15 is 0 Å². The van der Waals surface area contributed by atoms with Gasteiger partial charge < -0.3 is 9.84 Å². The summed E-state index contributed by atoms with van der Waals surface area (Å²) in [5.74, 6) is 0.830. The fourth-order valence-corrected chi connectivity index (χ4v) is 2.32. The van der Waals surface area contributed by atoms with Gasteiger partial charge in [-0.3, -0.25) is 0 Å². The molecule has 0 aliphatic rings. The van der Waals surface area contributed by atoms with E-state index in [1.54, 1.807) is 18.4 Å². The summed E-state index contributed by atoms with van der Waals surface area (Å²) in [6.07, 6.45) is 0.199. The van der Waals surface area contributed by atoms with Gasteiger partial charge in [-0.15, -0.1) is 11.3 Å². The third kappa shape index (κ3) is 2.62. The zero-order chi connectivity index (χ0) is 11.4. The quantitative estimate of drug-likeness (QED) is 0.881. The molecule has 2 aromatic rings. The lowest BCUT2D eigenvalue weighted by Crippen LogP contribution is -1.99. The number of hydrogen-bond donors (Lipinski definition) is 1. The van der Waals surface area contributed by atoms with E-state index in [1.807, 2.05) is 41.8 Å². The zero-order valence-corrected chi connectivity index (χ0v) is 9.91. The second kappa shape index (κ2) is 5.14. The number of benzene rings is 1. The average Bonchev–Trinajstić information content (AvgIpc) is 2.83. The van der Waals surface area contributed by atoms with E-state index in [9.17, 15) is 5.11 Å². The summed E-state index contributed by atoms with van der Waals surface area (Å²) >= 11 is 1.58. The van der Waals surface area contributed by atoms with Crippen molar-refractivity contribution in [2.24, 2.45) is 0 Å². The van der Waals surface area contributed by atoms with Crippen LogP contribution < -0.4 is 4.74 Å². The molecular weight excluding hydrogens is 220 g/mol. The summed E-state index contributed by atoms with van der Waals surface area (Å²) in [4.78, 5) is 1.00. The Morgan fingerprint density at radius 3 is 2.88 bits per heavy atom. The minimum absolute atomic E-state index is 0.424. The minimum Gasteiger partial charge on any atom is -0.497 e. The minimum atomic E-state index is -0.424. The first-order valence-corrected chi connectivity index (χ1v) is 6.02. The van der Waals surface area contributed by atoms with Crippen LogP contribution in [0.4, 0.5) is 0 Å². The summed E-state index contributed by atoms with van der Waals surface area (Å²) in [6.45, 7) is 0. The van der Waals surface area contributed by atoms with Crippen molar-refractivity contribution in [1.82, 2.24) is 0 Å². The largest absolute Gasteiger partial charge is 0.497 e. The molecule has 84 valence electrons. The lowest BCUT2D eigenvalue weighted by Gasteiger charge is -2.09. The van der Waals surface area contributed by atoms with Gasteiger partial charge in [-0.05, 0) is 29.1 Å². The molecule has 0 bridgehead atoms. The topological polar surface area (TPSA) is 29.5 Å². The lowest BCUT2D eigenvalue weighted by atomic mass is 10.1. The van der Waals surface area contributed by atoms with E-state index in [1.165, 1.54) is 0 Å². The van der Waals surface area contributed by atoms with Crippen LogP contribution in [-0.2, 0) is 6.42 Å². The van der Waals surface area contributed by atoms with Crippen molar-refractivity contribution in [2.45, 2.75) is 12.5 Å². The van der Waals surface area contributed by atoms with E-state index in [0.29, 0.717) is 6.42 Å². The molecule has 16 heavy (non-hydrogen) atoms. The predicted octanol–water partition coefficient (Wildman–Crippen LogP) is 3.03. The van der Waals surface area contributed by atoms with Gasteiger partial charge in [0, 0.05) is 11.3 Å². The molecule has 0 fully saturated rings. The van der Waals surface area contributed by atoms with Gasteiger partial charge in [0.2, 0.25) is 0 Å². The Bertz CT molecular complexity index is 437. The maximum absolute atomic E-state index is 10.00. The predicted molar refractivity (Wildman–Crippen MR) is 66.0 cm³/mol. The number of aliphatic hydroxyl groups excluding tert-OH is 1. The van der Waals surface area contributed by atoms with Gasteiger partial charge in [0.05, 0.1) is 13.2 Å². The third-order valence-corrected chi connectivity index (χ3v) is 3.41. The Kier molecular flexibility index (Phi) is 3.59. The van der Waals surface area contributed by atoms with Crippen molar-refractivity contribution in [2.75, 3.05) is 7.11 Å². The highest BCUT2D eigenvalue weighted by atomic mass is 32.1. The molecule has 1 aromatic carbocycles. The average molecular weight is 234 g/mol. The van der Waals surface area contributed by atoms with E-state index in [2.05, 4.69) is 0 Å². The number of aliphatic hydroxyl groups is 1. The molecule has 1 atom stereocenters. The van der Waals surface area contributed by atoms with Crippen molar-refractivity contribution in [3.8, 4) is 5.75 Å². The van der Waals surface area contributed by atoms with Gasteiger partial charge in [-0.2, -0.15) is 0 Å². The fraction of sp³-hybridized carbons (Fsp3) is 0.231. The summed E-state index contributed by atoms with van der Waals surface area (Å²) in [6, 6.07) is 11.7.